The Morgan fingerprint density at radius 1 is 1.33 bits per heavy atom. The van der Waals surface area contributed by atoms with E-state index in [-0.39, 0.29) is 17.4 Å². The molecule has 0 heterocycles. The van der Waals surface area contributed by atoms with Gasteiger partial charge in [-0.2, -0.15) is 8.78 Å². The summed E-state index contributed by atoms with van der Waals surface area (Å²) >= 11 is 0. The third-order valence-electron chi connectivity index (χ3n) is 3.89. The van der Waals surface area contributed by atoms with Gasteiger partial charge in [0.15, 0.2) is 0 Å². The lowest BCUT2D eigenvalue weighted by Gasteiger charge is -2.23. The van der Waals surface area contributed by atoms with Gasteiger partial charge in [-0.25, -0.2) is 0 Å². The third kappa shape index (κ3) is 4.14. The fourth-order valence-electron chi connectivity index (χ4n) is 2.83. The van der Waals surface area contributed by atoms with Crippen LogP contribution in [0.4, 0.5) is 8.78 Å². The summed E-state index contributed by atoms with van der Waals surface area (Å²) in [6, 6.07) is 5.86. The molecule has 1 aromatic carbocycles. The molecule has 1 aliphatic rings. The van der Waals surface area contributed by atoms with Crippen molar-refractivity contribution in [3.05, 3.63) is 29.8 Å². The number of alkyl halides is 2. The Bertz CT molecular complexity index is 476. The molecule has 1 atom stereocenters. The summed E-state index contributed by atoms with van der Waals surface area (Å²) in [5, 5.41) is 2.85. The molecule has 1 aliphatic carbocycles. The van der Waals surface area contributed by atoms with Gasteiger partial charge in [0.05, 0.1) is 5.56 Å². The second-order valence-corrected chi connectivity index (χ2v) is 5.23. The molecule has 0 bridgehead atoms. The fraction of sp³-hybridized carbons (Fsp3) is 0.533. The highest BCUT2D eigenvalue weighted by Crippen LogP contribution is 2.28. The number of carbonyl (C=O) groups excluding carboxylic acids is 1. The number of hydrogen-bond acceptors (Lipinski definition) is 3. The summed E-state index contributed by atoms with van der Waals surface area (Å²) in [6.07, 6.45) is 4.36. The molecule has 0 saturated heterocycles. The van der Waals surface area contributed by atoms with Gasteiger partial charge in [-0.1, -0.05) is 25.0 Å². The summed E-state index contributed by atoms with van der Waals surface area (Å²) in [7, 11) is 0. The normalized spacial score (nSPS) is 17.0. The average Bonchev–Trinajstić information content (AvgIpc) is 2.98. The second-order valence-electron chi connectivity index (χ2n) is 5.23. The van der Waals surface area contributed by atoms with Crippen molar-refractivity contribution < 1.29 is 18.3 Å². The Labute approximate surface area is 122 Å². The lowest BCUT2D eigenvalue weighted by Crippen LogP contribution is -2.44. The number of para-hydroxylation sites is 1. The van der Waals surface area contributed by atoms with E-state index in [1.54, 1.807) is 12.1 Å². The summed E-state index contributed by atoms with van der Waals surface area (Å²) in [6.45, 7) is -2.62. The third-order valence-corrected chi connectivity index (χ3v) is 3.89. The number of halogens is 2. The number of amides is 1. The van der Waals surface area contributed by atoms with E-state index in [4.69, 9.17) is 5.73 Å². The van der Waals surface area contributed by atoms with Crippen LogP contribution in [0.2, 0.25) is 0 Å². The lowest BCUT2D eigenvalue weighted by molar-refractivity contribution is -0.0501. The number of hydrogen-bond donors (Lipinski definition) is 2. The number of rotatable bonds is 6. The highest BCUT2D eigenvalue weighted by Gasteiger charge is 2.26. The van der Waals surface area contributed by atoms with Gasteiger partial charge in [0.1, 0.15) is 5.75 Å². The molecule has 0 aromatic heterocycles. The molecule has 21 heavy (non-hydrogen) atoms. The predicted molar refractivity (Wildman–Crippen MR) is 75.3 cm³/mol. The fourth-order valence-corrected chi connectivity index (χ4v) is 2.83. The van der Waals surface area contributed by atoms with Gasteiger partial charge in [-0.3, -0.25) is 4.79 Å². The minimum atomic E-state index is -2.96. The van der Waals surface area contributed by atoms with Crippen molar-refractivity contribution in [2.75, 3.05) is 6.54 Å². The highest BCUT2D eigenvalue weighted by atomic mass is 19.3. The van der Waals surface area contributed by atoms with Crippen molar-refractivity contribution in [2.24, 2.45) is 11.7 Å². The molecule has 1 fully saturated rings. The van der Waals surface area contributed by atoms with Crippen LogP contribution >= 0.6 is 0 Å². The first-order valence-corrected chi connectivity index (χ1v) is 7.16. The maximum absolute atomic E-state index is 12.4. The number of carbonyl (C=O) groups is 1. The van der Waals surface area contributed by atoms with E-state index in [1.807, 2.05) is 0 Å². The maximum Gasteiger partial charge on any atom is 0.387 e. The molecule has 1 aromatic rings. The summed E-state index contributed by atoms with van der Waals surface area (Å²) < 4.78 is 29.1. The zero-order chi connectivity index (χ0) is 15.2. The van der Waals surface area contributed by atoms with Crippen molar-refractivity contribution in [3.8, 4) is 5.75 Å². The SMILES string of the molecule is NCC(NC(=O)c1ccccc1OC(F)F)C1CCCC1. The van der Waals surface area contributed by atoms with E-state index in [0.717, 1.165) is 25.7 Å². The van der Waals surface area contributed by atoms with Gasteiger partial charge in [0, 0.05) is 12.6 Å². The van der Waals surface area contributed by atoms with Crippen LogP contribution in [0.5, 0.6) is 5.75 Å². The van der Waals surface area contributed by atoms with Crippen LogP contribution in [0.1, 0.15) is 36.0 Å². The molecule has 0 aliphatic heterocycles. The van der Waals surface area contributed by atoms with Crippen LogP contribution in [-0.2, 0) is 0 Å². The first-order chi connectivity index (χ1) is 10.1. The zero-order valence-electron chi connectivity index (χ0n) is 11.7. The van der Waals surface area contributed by atoms with E-state index in [1.165, 1.54) is 12.1 Å². The molecule has 116 valence electrons. The first kappa shape index (κ1) is 15.7. The summed E-state index contributed by atoms with van der Waals surface area (Å²) in [4.78, 5) is 12.3. The van der Waals surface area contributed by atoms with Crippen molar-refractivity contribution in [1.29, 1.82) is 0 Å². The molecule has 1 saturated carbocycles. The van der Waals surface area contributed by atoms with E-state index in [0.29, 0.717) is 12.5 Å². The number of nitrogens with one attached hydrogen (secondary N) is 1. The molecule has 1 unspecified atom stereocenters. The Balaban J connectivity index is 2.08. The standard InChI is InChI=1S/C15H20F2N2O2/c16-15(17)21-13-8-4-3-7-11(13)14(20)19-12(9-18)10-5-1-2-6-10/h3-4,7-8,10,12,15H,1-2,5-6,9,18H2,(H,19,20). The number of benzene rings is 1. The van der Waals surface area contributed by atoms with Gasteiger partial charge >= 0.3 is 6.61 Å². The topological polar surface area (TPSA) is 64.3 Å². The van der Waals surface area contributed by atoms with Crippen LogP contribution in [0.25, 0.3) is 0 Å². The van der Waals surface area contributed by atoms with E-state index in [9.17, 15) is 13.6 Å². The van der Waals surface area contributed by atoms with Crippen molar-refractivity contribution >= 4 is 5.91 Å². The molecule has 3 N–H and O–H groups in total. The molecular weight excluding hydrogens is 278 g/mol. The van der Waals surface area contributed by atoms with Crippen molar-refractivity contribution in [3.63, 3.8) is 0 Å². The number of ether oxygens (including phenoxy) is 1. The van der Waals surface area contributed by atoms with Crippen LogP contribution in [0, 0.1) is 5.92 Å². The Morgan fingerprint density at radius 3 is 2.62 bits per heavy atom. The molecule has 6 heteroatoms. The van der Waals surface area contributed by atoms with Crippen LogP contribution in [0.3, 0.4) is 0 Å². The van der Waals surface area contributed by atoms with Crippen molar-refractivity contribution in [2.45, 2.75) is 38.3 Å². The van der Waals surface area contributed by atoms with Gasteiger partial charge in [0.25, 0.3) is 5.91 Å². The molecule has 0 spiro atoms. The molecule has 0 radical (unpaired) electrons. The monoisotopic (exact) mass is 298 g/mol. The molecule has 1 amide bonds. The van der Waals surface area contributed by atoms with E-state index >= 15 is 0 Å². The van der Waals surface area contributed by atoms with E-state index in [2.05, 4.69) is 10.1 Å². The second kappa shape index (κ2) is 7.36. The lowest BCUT2D eigenvalue weighted by atomic mass is 9.98. The van der Waals surface area contributed by atoms with Crippen molar-refractivity contribution in [1.82, 2.24) is 5.32 Å². The van der Waals surface area contributed by atoms with Gasteiger partial charge in [0.2, 0.25) is 0 Å². The van der Waals surface area contributed by atoms with Gasteiger partial charge in [-0.15, -0.1) is 0 Å². The molecule has 4 nitrogen and oxygen atoms in total. The zero-order valence-corrected chi connectivity index (χ0v) is 11.7. The molecular formula is C15H20F2N2O2. The summed E-state index contributed by atoms with van der Waals surface area (Å²) in [5.41, 5.74) is 5.84. The average molecular weight is 298 g/mol. The Kier molecular flexibility index (Phi) is 5.50. The number of nitrogens with two attached hydrogens (primary N) is 1. The van der Waals surface area contributed by atoms with Gasteiger partial charge < -0.3 is 15.8 Å². The predicted octanol–water partition coefficient (Wildman–Crippen LogP) is 2.54. The molecule has 2 rings (SSSR count). The van der Waals surface area contributed by atoms with E-state index < -0.39 is 12.5 Å². The highest BCUT2D eigenvalue weighted by molar-refractivity contribution is 5.97. The largest absolute Gasteiger partial charge is 0.434 e. The summed E-state index contributed by atoms with van der Waals surface area (Å²) in [5.74, 6) is -0.178. The first-order valence-electron chi connectivity index (χ1n) is 7.16. The van der Waals surface area contributed by atoms with Crippen LogP contribution in [-0.4, -0.2) is 25.1 Å². The van der Waals surface area contributed by atoms with Crippen LogP contribution in [0.15, 0.2) is 24.3 Å². The maximum atomic E-state index is 12.4. The van der Waals surface area contributed by atoms with Crippen LogP contribution < -0.4 is 15.8 Å². The minimum Gasteiger partial charge on any atom is -0.434 e. The minimum absolute atomic E-state index is 0.106. The quantitative estimate of drug-likeness (QED) is 0.848. The Morgan fingerprint density at radius 2 is 2.00 bits per heavy atom. The smallest absolute Gasteiger partial charge is 0.387 e. The van der Waals surface area contributed by atoms with Gasteiger partial charge in [-0.05, 0) is 30.9 Å². The Hall–Kier alpha value is -1.69.